The summed E-state index contributed by atoms with van der Waals surface area (Å²) in [5.41, 5.74) is 2.13. The molecule has 1 aliphatic rings. The molecule has 1 aromatic carbocycles. The molecule has 0 spiro atoms. The summed E-state index contributed by atoms with van der Waals surface area (Å²) in [6.45, 7) is 5.56. The van der Waals surface area contributed by atoms with E-state index in [1.807, 2.05) is 28.8 Å². The zero-order valence-corrected chi connectivity index (χ0v) is 20.3. The first kappa shape index (κ1) is 22.7. The summed E-state index contributed by atoms with van der Waals surface area (Å²) in [4.78, 5) is 28.0. The second-order valence-electron chi connectivity index (χ2n) is 8.95. The molecule has 0 aliphatic carbocycles. The number of nitrogens with one attached hydrogen (secondary N) is 1. The van der Waals surface area contributed by atoms with Gasteiger partial charge in [0.2, 0.25) is 11.7 Å². The quantitative estimate of drug-likeness (QED) is 0.420. The predicted molar refractivity (Wildman–Crippen MR) is 134 cm³/mol. The van der Waals surface area contributed by atoms with Gasteiger partial charge in [-0.1, -0.05) is 37.3 Å². The van der Waals surface area contributed by atoms with E-state index in [9.17, 15) is 9.59 Å². The van der Waals surface area contributed by atoms with Gasteiger partial charge in [-0.15, -0.1) is 21.5 Å². The first-order valence-corrected chi connectivity index (χ1v) is 12.9. The topological polar surface area (TPSA) is 84.5 Å². The number of piperidine rings is 1. The first-order chi connectivity index (χ1) is 16.6. The minimum atomic E-state index is -0.0188. The molecule has 4 heterocycles. The van der Waals surface area contributed by atoms with Crippen LogP contribution in [-0.2, 0) is 24.3 Å². The molecule has 1 saturated heterocycles. The predicted octanol–water partition coefficient (Wildman–Crippen LogP) is 3.23. The number of carbonyl (C=O) groups is 1. The van der Waals surface area contributed by atoms with Crippen LogP contribution in [0, 0.1) is 0 Å². The number of carbonyl (C=O) groups excluding carboxylic acids is 1. The van der Waals surface area contributed by atoms with E-state index in [1.54, 1.807) is 4.57 Å². The van der Waals surface area contributed by atoms with Crippen molar-refractivity contribution in [3.8, 4) is 0 Å². The van der Waals surface area contributed by atoms with Crippen molar-refractivity contribution < 1.29 is 4.79 Å². The van der Waals surface area contributed by atoms with Gasteiger partial charge in [-0.05, 0) is 36.3 Å². The Morgan fingerprint density at radius 3 is 2.71 bits per heavy atom. The molecule has 4 aromatic rings. The highest BCUT2D eigenvalue weighted by molar-refractivity contribution is 7.17. The molecule has 1 aliphatic heterocycles. The van der Waals surface area contributed by atoms with Gasteiger partial charge in [0.15, 0.2) is 0 Å². The molecule has 1 amide bonds. The Morgan fingerprint density at radius 2 is 1.94 bits per heavy atom. The number of benzene rings is 1. The van der Waals surface area contributed by atoms with E-state index in [2.05, 4.69) is 44.7 Å². The van der Waals surface area contributed by atoms with E-state index >= 15 is 0 Å². The average Bonchev–Trinajstić information content (AvgIpc) is 3.50. The molecule has 34 heavy (non-hydrogen) atoms. The first-order valence-electron chi connectivity index (χ1n) is 12.0. The number of thiophene rings is 1. The van der Waals surface area contributed by atoms with Crippen LogP contribution in [0.1, 0.15) is 44.0 Å². The van der Waals surface area contributed by atoms with Gasteiger partial charge in [-0.2, -0.15) is 0 Å². The lowest BCUT2D eigenvalue weighted by Crippen LogP contribution is -2.44. The Balaban J connectivity index is 1.20. The Bertz CT molecular complexity index is 1330. The lowest BCUT2D eigenvalue weighted by atomic mass is 10.0. The average molecular weight is 479 g/mol. The second kappa shape index (κ2) is 10.1. The van der Waals surface area contributed by atoms with Gasteiger partial charge >= 0.3 is 0 Å². The summed E-state index contributed by atoms with van der Waals surface area (Å²) in [5.74, 6) is 1.32. The van der Waals surface area contributed by atoms with Crippen molar-refractivity contribution >= 4 is 33.2 Å². The van der Waals surface area contributed by atoms with Gasteiger partial charge < -0.3 is 5.32 Å². The van der Waals surface area contributed by atoms with Crippen molar-refractivity contribution in [2.75, 3.05) is 13.1 Å². The molecule has 5 rings (SSSR count). The summed E-state index contributed by atoms with van der Waals surface area (Å²) in [5, 5.41) is 13.8. The third-order valence-electron chi connectivity index (χ3n) is 6.50. The maximum absolute atomic E-state index is 12.8. The molecule has 8 nitrogen and oxygen atoms in total. The standard InChI is InChI=1S/C25H30N6O2S/c1-2-13-30-24(33)23-20(12-16-34-23)31-21(27-28-25(30)31)8-9-22(32)26-19-10-14-29(15-11-19)17-18-6-4-3-5-7-18/h3-7,12,16,19H,2,8-11,13-15,17H2,1H3,(H,26,32). The van der Waals surface area contributed by atoms with Crippen LogP contribution in [0.5, 0.6) is 0 Å². The van der Waals surface area contributed by atoms with E-state index in [1.165, 1.54) is 16.9 Å². The third-order valence-corrected chi connectivity index (χ3v) is 7.40. The number of hydrogen-bond acceptors (Lipinski definition) is 6. The number of amides is 1. The van der Waals surface area contributed by atoms with Crippen LogP contribution in [0.25, 0.3) is 16.0 Å². The van der Waals surface area contributed by atoms with Crippen LogP contribution >= 0.6 is 11.3 Å². The van der Waals surface area contributed by atoms with Gasteiger partial charge in [0.05, 0.1) is 5.52 Å². The Labute approximate surface area is 202 Å². The van der Waals surface area contributed by atoms with E-state index in [0.717, 1.165) is 50.2 Å². The Kier molecular flexibility index (Phi) is 6.73. The lowest BCUT2D eigenvalue weighted by molar-refractivity contribution is -0.122. The van der Waals surface area contributed by atoms with Crippen LogP contribution < -0.4 is 10.9 Å². The molecular weight excluding hydrogens is 448 g/mol. The van der Waals surface area contributed by atoms with E-state index in [4.69, 9.17) is 0 Å². The summed E-state index contributed by atoms with van der Waals surface area (Å²) in [6, 6.07) is 12.7. The SMILES string of the molecule is CCCn1c(=O)c2sccc2n2c(CCC(=O)NC3CCN(Cc4ccccc4)CC3)nnc12. The lowest BCUT2D eigenvalue weighted by Gasteiger charge is -2.32. The summed E-state index contributed by atoms with van der Waals surface area (Å²) in [7, 11) is 0. The smallest absolute Gasteiger partial charge is 0.272 e. The maximum Gasteiger partial charge on any atom is 0.272 e. The van der Waals surface area contributed by atoms with Crippen LogP contribution in [-0.4, -0.2) is 49.1 Å². The molecule has 0 bridgehead atoms. The largest absolute Gasteiger partial charge is 0.353 e. The van der Waals surface area contributed by atoms with Gasteiger partial charge in [0.25, 0.3) is 5.56 Å². The van der Waals surface area contributed by atoms with Crippen molar-refractivity contribution in [1.29, 1.82) is 0 Å². The minimum Gasteiger partial charge on any atom is -0.353 e. The van der Waals surface area contributed by atoms with Crippen LogP contribution in [0.4, 0.5) is 0 Å². The Hall–Kier alpha value is -3.04. The molecule has 9 heteroatoms. The van der Waals surface area contributed by atoms with Crippen molar-refractivity contribution in [1.82, 2.24) is 29.4 Å². The highest BCUT2D eigenvalue weighted by atomic mass is 32.1. The number of likely N-dealkylation sites (tertiary alicyclic amines) is 1. The normalized spacial score (nSPS) is 15.3. The maximum atomic E-state index is 12.8. The molecule has 0 radical (unpaired) electrons. The molecule has 178 valence electrons. The minimum absolute atomic E-state index is 0.0188. The van der Waals surface area contributed by atoms with Gasteiger partial charge in [0, 0.05) is 45.1 Å². The number of fused-ring (bicyclic) bond motifs is 3. The van der Waals surface area contributed by atoms with Crippen molar-refractivity contribution in [2.45, 2.75) is 58.2 Å². The van der Waals surface area contributed by atoms with Gasteiger partial charge in [-0.3, -0.25) is 23.5 Å². The molecule has 3 aromatic heterocycles. The molecule has 1 fully saturated rings. The monoisotopic (exact) mass is 478 g/mol. The van der Waals surface area contributed by atoms with E-state index < -0.39 is 0 Å². The van der Waals surface area contributed by atoms with Crippen molar-refractivity contribution in [3.05, 3.63) is 63.5 Å². The zero-order valence-electron chi connectivity index (χ0n) is 19.4. The van der Waals surface area contributed by atoms with Gasteiger partial charge in [0.1, 0.15) is 10.5 Å². The molecule has 0 saturated carbocycles. The van der Waals surface area contributed by atoms with E-state index in [-0.39, 0.29) is 17.5 Å². The van der Waals surface area contributed by atoms with Crippen molar-refractivity contribution in [2.24, 2.45) is 0 Å². The zero-order chi connectivity index (χ0) is 23.5. The summed E-state index contributed by atoms with van der Waals surface area (Å²) >= 11 is 1.44. The molecule has 1 N–H and O–H groups in total. The molecule has 0 unspecified atom stereocenters. The highest BCUT2D eigenvalue weighted by Crippen LogP contribution is 2.20. The number of aryl methyl sites for hydroxylation is 2. The highest BCUT2D eigenvalue weighted by Gasteiger charge is 2.22. The number of aromatic nitrogens is 4. The third kappa shape index (κ3) is 4.63. The summed E-state index contributed by atoms with van der Waals surface area (Å²) in [6.07, 6.45) is 3.59. The number of rotatable bonds is 8. The van der Waals surface area contributed by atoms with Gasteiger partial charge in [-0.25, -0.2) is 0 Å². The summed E-state index contributed by atoms with van der Waals surface area (Å²) < 4.78 is 4.34. The fraction of sp³-hybridized carbons (Fsp3) is 0.440. The van der Waals surface area contributed by atoms with E-state index in [0.29, 0.717) is 29.9 Å². The fourth-order valence-electron chi connectivity index (χ4n) is 4.77. The van der Waals surface area contributed by atoms with Crippen molar-refractivity contribution in [3.63, 3.8) is 0 Å². The van der Waals surface area contributed by atoms with Crippen LogP contribution in [0.2, 0.25) is 0 Å². The van der Waals surface area contributed by atoms with Crippen LogP contribution in [0.3, 0.4) is 0 Å². The second-order valence-corrected chi connectivity index (χ2v) is 9.86. The number of hydrogen-bond donors (Lipinski definition) is 1. The van der Waals surface area contributed by atoms with Crippen LogP contribution in [0.15, 0.2) is 46.6 Å². The fourth-order valence-corrected chi connectivity index (χ4v) is 5.59. The number of nitrogens with zero attached hydrogens (tertiary/aromatic N) is 5. The Morgan fingerprint density at radius 1 is 1.15 bits per heavy atom. The molecular formula is C25H30N6O2S. The molecule has 0 atom stereocenters.